The average molecular weight is 315 g/mol. The Morgan fingerprint density at radius 2 is 2.41 bits per heavy atom. The van der Waals surface area contributed by atoms with Gasteiger partial charge in [-0.2, -0.15) is 0 Å². The molecule has 116 valence electrons. The summed E-state index contributed by atoms with van der Waals surface area (Å²) in [6.45, 7) is 4.04. The maximum Gasteiger partial charge on any atom is 0.0842 e. The molecule has 22 heavy (non-hydrogen) atoms. The standard InChI is InChI=1S/C17H21N3OS/c1-3-14(10-18-6-1)19-15-9-17(21-12-15)5-7-20(13-17)11-16-4-2-8-22-16/h1-4,6,8,10,15,19H,5,7,9,11-13H2. The van der Waals surface area contributed by atoms with Gasteiger partial charge in [0.1, 0.15) is 0 Å². The predicted molar refractivity (Wildman–Crippen MR) is 89.2 cm³/mol. The fourth-order valence-electron chi connectivity index (χ4n) is 3.59. The summed E-state index contributed by atoms with van der Waals surface area (Å²) >= 11 is 1.84. The van der Waals surface area contributed by atoms with E-state index in [1.54, 1.807) is 6.20 Å². The SMILES string of the molecule is c1cncc(NC2COC3(CCN(Cc4cccs4)C3)C2)c1. The maximum atomic E-state index is 6.21. The van der Waals surface area contributed by atoms with E-state index in [4.69, 9.17) is 4.74 Å². The Labute approximate surface area is 135 Å². The summed E-state index contributed by atoms with van der Waals surface area (Å²) in [7, 11) is 0. The Morgan fingerprint density at radius 1 is 1.41 bits per heavy atom. The normalized spacial score (nSPS) is 28.5. The van der Waals surface area contributed by atoms with Crippen molar-refractivity contribution in [2.45, 2.75) is 31.0 Å². The molecule has 2 saturated heterocycles. The molecule has 4 rings (SSSR count). The van der Waals surface area contributed by atoms with Crippen LogP contribution in [0, 0.1) is 0 Å². The molecule has 0 aliphatic carbocycles. The molecule has 0 amide bonds. The van der Waals surface area contributed by atoms with Gasteiger partial charge in [0.2, 0.25) is 0 Å². The van der Waals surface area contributed by atoms with E-state index in [-0.39, 0.29) is 5.60 Å². The van der Waals surface area contributed by atoms with Gasteiger partial charge in [-0.3, -0.25) is 9.88 Å². The molecular formula is C17H21N3OS. The zero-order chi connectivity index (χ0) is 14.8. The first-order valence-corrected chi connectivity index (χ1v) is 8.75. The van der Waals surface area contributed by atoms with Gasteiger partial charge in [0.05, 0.1) is 23.9 Å². The minimum Gasteiger partial charge on any atom is -0.379 e. The summed E-state index contributed by atoms with van der Waals surface area (Å²) < 4.78 is 6.21. The van der Waals surface area contributed by atoms with Crippen molar-refractivity contribution in [2.24, 2.45) is 0 Å². The molecule has 2 aliphatic heterocycles. The van der Waals surface area contributed by atoms with Gasteiger partial charge in [0, 0.05) is 43.3 Å². The molecule has 4 heterocycles. The molecule has 0 bridgehead atoms. The highest BCUT2D eigenvalue weighted by Crippen LogP contribution is 2.36. The number of pyridine rings is 1. The number of thiophene rings is 1. The number of hydrogen-bond acceptors (Lipinski definition) is 5. The van der Waals surface area contributed by atoms with Crippen LogP contribution in [0.4, 0.5) is 5.69 Å². The predicted octanol–water partition coefficient (Wildman–Crippen LogP) is 2.99. The Kier molecular flexibility index (Phi) is 3.86. The van der Waals surface area contributed by atoms with E-state index in [9.17, 15) is 0 Å². The first-order valence-electron chi connectivity index (χ1n) is 7.87. The van der Waals surface area contributed by atoms with Crippen molar-refractivity contribution in [2.75, 3.05) is 25.0 Å². The van der Waals surface area contributed by atoms with Crippen LogP contribution in [-0.2, 0) is 11.3 Å². The minimum absolute atomic E-state index is 0.0527. The number of nitrogens with one attached hydrogen (secondary N) is 1. The maximum absolute atomic E-state index is 6.21. The second-order valence-electron chi connectivity index (χ2n) is 6.32. The lowest BCUT2D eigenvalue weighted by molar-refractivity contribution is 0.0120. The average Bonchev–Trinajstić information content (AvgIpc) is 3.25. The Morgan fingerprint density at radius 3 is 3.23 bits per heavy atom. The number of rotatable bonds is 4. The van der Waals surface area contributed by atoms with Gasteiger partial charge in [-0.05, 0) is 30.0 Å². The first kappa shape index (κ1) is 14.2. The van der Waals surface area contributed by atoms with Crippen LogP contribution < -0.4 is 5.32 Å². The highest BCUT2D eigenvalue weighted by Gasteiger charge is 2.45. The number of hydrogen-bond donors (Lipinski definition) is 1. The number of nitrogens with zero attached hydrogens (tertiary/aromatic N) is 2. The lowest BCUT2D eigenvalue weighted by atomic mass is 9.97. The van der Waals surface area contributed by atoms with E-state index >= 15 is 0 Å². The smallest absolute Gasteiger partial charge is 0.0842 e. The van der Waals surface area contributed by atoms with Gasteiger partial charge < -0.3 is 10.1 Å². The summed E-state index contributed by atoms with van der Waals surface area (Å²) in [5.74, 6) is 0. The topological polar surface area (TPSA) is 37.4 Å². The van der Waals surface area contributed by atoms with Gasteiger partial charge in [0.15, 0.2) is 0 Å². The summed E-state index contributed by atoms with van der Waals surface area (Å²) in [6, 6.07) is 8.77. The van der Waals surface area contributed by atoms with Crippen LogP contribution in [0.3, 0.4) is 0 Å². The van der Waals surface area contributed by atoms with Gasteiger partial charge in [-0.1, -0.05) is 6.07 Å². The largest absolute Gasteiger partial charge is 0.379 e. The zero-order valence-corrected chi connectivity index (χ0v) is 13.4. The molecule has 0 aromatic carbocycles. The number of ether oxygens (including phenoxy) is 1. The van der Waals surface area contributed by atoms with Crippen molar-refractivity contribution in [3.05, 3.63) is 46.9 Å². The first-order chi connectivity index (χ1) is 10.8. The Balaban J connectivity index is 1.34. The van der Waals surface area contributed by atoms with Crippen LogP contribution in [0.2, 0.25) is 0 Å². The third-order valence-electron chi connectivity index (χ3n) is 4.60. The lowest BCUT2D eigenvalue weighted by Gasteiger charge is -2.23. The summed E-state index contributed by atoms with van der Waals surface area (Å²) in [4.78, 5) is 8.13. The van der Waals surface area contributed by atoms with Gasteiger partial charge in [-0.15, -0.1) is 11.3 Å². The third kappa shape index (κ3) is 3.02. The highest BCUT2D eigenvalue weighted by atomic mass is 32.1. The molecule has 4 nitrogen and oxygen atoms in total. The van der Waals surface area contributed by atoms with Crippen LogP contribution in [0.1, 0.15) is 17.7 Å². The van der Waals surface area contributed by atoms with Crippen molar-refractivity contribution in [3.8, 4) is 0 Å². The molecule has 2 aliphatic rings. The summed E-state index contributed by atoms with van der Waals surface area (Å²) in [5, 5.41) is 5.70. The second kappa shape index (κ2) is 5.99. The van der Waals surface area contributed by atoms with Crippen molar-refractivity contribution in [3.63, 3.8) is 0 Å². The summed E-state index contributed by atoms with van der Waals surface area (Å²) in [5.41, 5.74) is 1.14. The molecule has 2 atom stereocenters. The quantitative estimate of drug-likeness (QED) is 0.941. The van der Waals surface area contributed by atoms with E-state index in [2.05, 4.69) is 38.8 Å². The molecule has 2 aromatic rings. The van der Waals surface area contributed by atoms with Gasteiger partial charge in [-0.25, -0.2) is 0 Å². The molecule has 2 fully saturated rings. The highest BCUT2D eigenvalue weighted by molar-refractivity contribution is 7.09. The molecule has 2 aromatic heterocycles. The fourth-order valence-corrected chi connectivity index (χ4v) is 4.34. The van der Waals surface area contributed by atoms with Crippen molar-refractivity contribution in [1.29, 1.82) is 0 Å². The monoisotopic (exact) mass is 315 g/mol. The van der Waals surface area contributed by atoms with Crippen LogP contribution in [0.15, 0.2) is 42.0 Å². The molecule has 0 saturated carbocycles. The van der Waals surface area contributed by atoms with Crippen molar-refractivity contribution < 1.29 is 4.74 Å². The van der Waals surface area contributed by atoms with Crippen LogP contribution >= 0.6 is 11.3 Å². The third-order valence-corrected chi connectivity index (χ3v) is 5.46. The van der Waals surface area contributed by atoms with E-state index < -0.39 is 0 Å². The molecule has 5 heteroatoms. The number of anilines is 1. The zero-order valence-electron chi connectivity index (χ0n) is 12.6. The molecular weight excluding hydrogens is 294 g/mol. The van der Waals surface area contributed by atoms with Gasteiger partial charge in [0.25, 0.3) is 0 Å². The van der Waals surface area contributed by atoms with Crippen LogP contribution in [-0.4, -0.2) is 41.2 Å². The Hall–Kier alpha value is -1.43. The van der Waals surface area contributed by atoms with E-state index in [1.165, 1.54) is 4.88 Å². The molecule has 1 N–H and O–H groups in total. The lowest BCUT2D eigenvalue weighted by Crippen LogP contribution is -2.33. The fraction of sp³-hybridized carbons (Fsp3) is 0.471. The van der Waals surface area contributed by atoms with Crippen molar-refractivity contribution >= 4 is 17.0 Å². The molecule has 1 spiro atoms. The summed E-state index contributed by atoms with van der Waals surface area (Å²) in [6.07, 6.45) is 5.91. The molecule has 2 unspecified atom stereocenters. The van der Waals surface area contributed by atoms with Gasteiger partial charge >= 0.3 is 0 Å². The number of likely N-dealkylation sites (tertiary alicyclic amines) is 1. The van der Waals surface area contributed by atoms with E-state index in [1.807, 2.05) is 23.6 Å². The second-order valence-corrected chi connectivity index (χ2v) is 7.35. The Bertz CT molecular complexity index is 604. The number of aromatic nitrogens is 1. The minimum atomic E-state index is 0.0527. The molecule has 0 radical (unpaired) electrons. The van der Waals surface area contributed by atoms with Crippen LogP contribution in [0.5, 0.6) is 0 Å². The van der Waals surface area contributed by atoms with Crippen molar-refractivity contribution in [1.82, 2.24) is 9.88 Å². The van der Waals surface area contributed by atoms with E-state index in [0.29, 0.717) is 6.04 Å². The van der Waals surface area contributed by atoms with Crippen LogP contribution in [0.25, 0.3) is 0 Å². The van der Waals surface area contributed by atoms with E-state index in [0.717, 1.165) is 44.8 Å².